The van der Waals surface area contributed by atoms with Crippen LogP contribution in [0.2, 0.25) is 5.02 Å². The van der Waals surface area contributed by atoms with E-state index in [4.69, 9.17) is 21.1 Å². The van der Waals surface area contributed by atoms with Crippen molar-refractivity contribution in [1.29, 1.82) is 0 Å². The van der Waals surface area contributed by atoms with E-state index in [-0.39, 0.29) is 24.4 Å². The third-order valence-corrected chi connectivity index (χ3v) is 7.34. The highest BCUT2D eigenvalue weighted by atomic mass is 35.5. The second-order valence-electron chi connectivity index (χ2n) is 7.57. The van der Waals surface area contributed by atoms with Crippen LogP contribution >= 0.6 is 22.9 Å². The van der Waals surface area contributed by atoms with Gasteiger partial charge in [-0.05, 0) is 36.6 Å². The molecule has 160 valence electrons. The number of rotatable bonds is 4. The van der Waals surface area contributed by atoms with Crippen LogP contribution in [0.15, 0.2) is 42.5 Å². The van der Waals surface area contributed by atoms with Crippen molar-refractivity contribution < 1.29 is 19.1 Å². The van der Waals surface area contributed by atoms with Gasteiger partial charge in [-0.2, -0.15) is 0 Å². The number of ether oxygens (including phenoxy) is 2. The molecule has 0 aliphatic carbocycles. The fraction of sp³-hybridized carbons (Fsp3) is 0.304. The first-order valence-corrected chi connectivity index (χ1v) is 11.5. The molecule has 1 fully saturated rings. The highest BCUT2D eigenvalue weighted by molar-refractivity contribution is 7.21. The second-order valence-corrected chi connectivity index (χ2v) is 9.00. The summed E-state index contributed by atoms with van der Waals surface area (Å²) in [6.45, 7) is 1.67. The lowest BCUT2D eigenvalue weighted by molar-refractivity contribution is -0.131. The van der Waals surface area contributed by atoms with E-state index < -0.39 is 0 Å². The summed E-state index contributed by atoms with van der Waals surface area (Å²) in [6, 6.07) is 13.4. The summed E-state index contributed by atoms with van der Waals surface area (Å²) in [4.78, 5) is 27.9. The predicted molar refractivity (Wildman–Crippen MR) is 120 cm³/mol. The number of amides is 2. The van der Waals surface area contributed by atoms with Crippen molar-refractivity contribution in [3.8, 4) is 11.5 Å². The molecule has 0 bridgehead atoms. The number of benzene rings is 2. The second kappa shape index (κ2) is 8.40. The highest BCUT2D eigenvalue weighted by Crippen LogP contribution is 2.38. The van der Waals surface area contributed by atoms with Gasteiger partial charge in [-0.3, -0.25) is 9.59 Å². The summed E-state index contributed by atoms with van der Waals surface area (Å²) >= 11 is 7.72. The largest absolute Gasteiger partial charge is 0.486 e. The summed E-state index contributed by atoms with van der Waals surface area (Å²) in [7, 11) is 0. The van der Waals surface area contributed by atoms with E-state index in [0.717, 1.165) is 40.0 Å². The van der Waals surface area contributed by atoms with Gasteiger partial charge in [0.2, 0.25) is 5.91 Å². The molecule has 3 aromatic rings. The fourth-order valence-corrected chi connectivity index (χ4v) is 5.61. The van der Waals surface area contributed by atoms with Gasteiger partial charge in [0.15, 0.2) is 11.5 Å². The SMILES string of the molecule is O=C(NCC(=O)N1CCC[C@H]1c1ccc2c(c1)OCCO2)c1sc2ccccc2c1Cl. The first-order chi connectivity index (χ1) is 15.1. The number of thiophene rings is 1. The van der Waals surface area contributed by atoms with Gasteiger partial charge in [-0.25, -0.2) is 0 Å². The summed E-state index contributed by atoms with van der Waals surface area (Å²) in [5, 5.41) is 4.03. The van der Waals surface area contributed by atoms with E-state index in [0.29, 0.717) is 29.7 Å². The number of fused-ring (bicyclic) bond motifs is 2. The Morgan fingerprint density at radius 2 is 1.94 bits per heavy atom. The molecule has 3 heterocycles. The molecule has 5 rings (SSSR count). The van der Waals surface area contributed by atoms with E-state index in [2.05, 4.69) is 5.32 Å². The zero-order chi connectivity index (χ0) is 21.4. The number of likely N-dealkylation sites (tertiary alicyclic amines) is 1. The minimum absolute atomic E-state index is 0.0341. The molecule has 1 atom stereocenters. The van der Waals surface area contributed by atoms with Crippen molar-refractivity contribution in [2.45, 2.75) is 18.9 Å². The molecule has 8 heteroatoms. The summed E-state index contributed by atoms with van der Waals surface area (Å²) in [5.41, 5.74) is 1.02. The number of carbonyl (C=O) groups excluding carboxylic acids is 2. The van der Waals surface area contributed by atoms with Crippen LogP contribution in [0.5, 0.6) is 11.5 Å². The average Bonchev–Trinajstić information content (AvgIpc) is 3.42. The summed E-state index contributed by atoms with van der Waals surface area (Å²) in [5.74, 6) is 1.02. The van der Waals surface area contributed by atoms with Crippen LogP contribution in [0.3, 0.4) is 0 Å². The van der Waals surface area contributed by atoms with Crippen LogP contribution in [-0.4, -0.2) is 43.0 Å². The third kappa shape index (κ3) is 3.83. The van der Waals surface area contributed by atoms with Gasteiger partial charge in [-0.1, -0.05) is 35.9 Å². The molecule has 1 N–H and O–H groups in total. The van der Waals surface area contributed by atoms with Gasteiger partial charge in [0, 0.05) is 16.6 Å². The molecule has 1 saturated heterocycles. The molecule has 2 aliphatic heterocycles. The van der Waals surface area contributed by atoms with Crippen molar-refractivity contribution in [1.82, 2.24) is 10.2 Å². The van der Waals surface area contributed by atoms with E-state index in [1.54, 1.807) is 0 Å². The van der Waals surface area contributed by atoms with Crippen molar-refractivity contribution in [3.05, 3.63) is 57.9 Å². The highest BCUT2D eigenvalue weighted by Gasteiger charge is 2.31. The number of nitrogens with one attached hydrogen (secondary N) is 1. The quantitative estimate of drug-likeness (QED) is 0.631. The Morgan fingerprint density at radius 3 is 2.77 bits per heavy atom. The van der Waals surface area contributed by atoms with Crippen LogP contribution in [-0.2, 0) is 4.79 Å². The third-order valence-electron chi connectivity index (χ3n) is 5.67. The number of hydrogen-bond donors (Lipinski definition) is 1. The minimum Gasteiger partial charge on any atom is -0.486 e. The first-order valence-electron chi connectivity index (χ1n) is 10.3. The number of nitrogens with zero attached hydrogens (tertiary/aromatic N) is 1. The zero-order valence-electron chi connectivity index (χ0n) is 16.7. The fourth-order valence-electron chi connectivity index (χ4n) is 4.18. The topological polar surface area (TPSA) is 67.9 Å². The Balaban J connectivity index is 1.27. The Morgan fingerprint density at radius 1 is 1.13 bits per heavy atom. The van der Waals surface area contributed by atoms with Gasteiger partial charge in [0.1, 0.15) is 18.1 Å². The molecule has 1 aromatic heterocycles. The maximum atomic E-state index is 12.9. The Bertz CT molecular complexity index is 1160. The lowest BCUT2D eigenvalue weighted by Crippen LogP contribution is -2.39. The normalized spacial score (nSPS) is 17.7. The van der Waals surface area contributed by atoms with Crippen LogP contribution in [0.1, 0.15) is 34.1 Å². The van der Waals surface area contributed by atoms with Crippen LogP contribution in [0, 0.1) is 0 Å². The molecule has 2 aliphatic rings. The Kier molecular flexibility index (Phi) is 5.46. The van der Waals surface area contributed by atoms with E-state index in [1.165, 1.54) is 11.3 Å². The van der Waals surface area contributed by atoms with Gasteiger partial charge in [-0.15, -0.1) is 11.3 Å². The van der Waals surface area contributed by atoms with Gasteiger partial charge < -0.3 is 19.7 Å². The van der Waals surface area contributed by atoms with Crippen molar-refractivity contribution in [3.63, 3.8) is 0 Å². The van der Waals surface area contributed by atoms with Gasteiger partial charge in [0.25, 0.3) is 5.91 Å². The Labute approximate surface area is 188 Å². The van der Waals surface area contributed by atoms with Crippen molar-refractivity contribution in [2.24, 2.45) is 0 Å². The lowest BCUT2D eigenvalue weighted by Gasteiger charge is -2.27. The van der Waals surface area contributed by atoms with Gasteiger partial charge >= 0.3 is 0 Å². The van der Waals surface area contributed by atoms with Crippen molar-refractivity contribution >= 4 is 44.8 Å². The molecular weight excluding hydrogens is 436 g/mol. The summed E-state index contributed by atoms with van der Waals surface area (Å²) in [6.07, 6.45) is 1.79. The predicted octanol–water partition coefficient (Wildman–Crippen LogP) is 4.42. The molecule has 0 spiro atoms. The first kappa shape index (κ1) is 20.2. The minimum atomic E-state index is -0.324. The van der Waals surface area contributed by atoms with Crippen LogP contribution in [0.25, 0.3) is 10.1 Å². The zero-order valence-corrected chi connectivity index (χ0v) is 18.3. The van der Waals surface area contributed by atoms with E-state index >= 15 is 0 Å². The molecule has 31 heavy (non-hydrogen) atoms. The number of halogens is 1. The smallest absolute Gasteiger partial charge is 0.263 e. The molecule has 0 saturated carbocycles. The molecular formula is C23H21ClN2O4S. The summed E-state index contributed by atoms with van der Waals surface area (Å²) < 4.78 is 12.2. The monoisotopic (exact) mass is 456 g/mol. The van der Waals surface area contributed by atoms with E-state index in [1.807, 2.05) is 47.4 Å². The van der Waals surface area contributed by atoms with E-state index in [9.17, 15) is 9.59 Å². The molecule has 0 unspecified atom stereocenters. The number of carbonyl (C=O) groups is 2. The maximum absolute atomic E-state index is 12.9. The molecule has 2 aromatic carbocycles. The number of hydrogen-bond acceptors (Lipinski definition) is 5. The Hall–Kier alpha value is -2.77. The standard InChI is InChI=1S/C23H21ClN2O4S/c24-21-15-4-1-2-6-19(15)31-22(21)23(28)25-13-20(27)26-9-3-5-16(26)14-7-8-17-18(12-14)30-11-10-29-17/h1-2,4,6-8,12,16H,3,5,9-11,13H2,(H,25,28)/t16-/m0/s1. The van der Waals surface area contributed by atoms with Crippen molar-refractivity contribution in [2.75, 3.05) is 26.3 Å². The molecule has 6 nitrogen and oxygen atoms in total. The molecule has 0 radical (unpaired) electrons. The van der Waals surface area contributed by atoms with Crippen LogP contribution in [0.4, 0.5) is 0 Å². The van der Waals surface area contributed by atoms with Gasteiger partial charge in [0.05, 0.1) is 17.6 Å². The molecule has 2 amide bonds. The lowest BCUT2D eigenvalue weighted by atomic mass is 10.0. The maximum Gasteiger partial charge on any atom is 0.263 e. The van der Waals surface area contributed by atoms with Crippen LogP contribution < -0.4 is 14.8 Å². The average molecular weight is 457 g/mol.